The Morgan fingerprint density at radius 2 is 1.74 bits per heavy atom. The van der Waals surface area contributed by atoms with Crippen LogP contribution in [0.1, 0.15) is 36.0 Å². The van der Waals surface area contributed by atoms with Gasteiger partial charge in [-0.1, -0.05) is 12.1 Å². The van der Waals surface area contributed by atoms with E-state index in [2.05, 4.69) is 10.2 Å². The molecule has 0 bridgehead atoms. The van der Waals surface area contributed by atoms with Crippen LogP contribution >= 0.6 is 0 Å². The summed E-state index contributed by atoms with van der Waals surface area (Å²) in [5.41, 5.74) is 0.853. The third-order valence-electron chi connectivity index (χ3n) is 4.99. The third kappa shape index (κ3) is 4.54. The van der Waals surface area contributed by atoms with Crippen LogP contribution < -0.4 is 5.32 Å². The normalized spacial score (nSPS) is 17.4. The fraction of sp³-hybridized carbons (Fsp3) is 0.400. The van der Waals surface area contributed by atoms with Gasteiger partial charge in [-0.25, -0.2) is 4.39 Å². The molecule has 3 rings (SSSR count). The summed E-state index contributed by atoms with van der Waals surface area (Å²) < 4.78 is 18.2. The van der Waals surface area contributed by atoms with Crippen molar-refractivity contribution in [1.82, 2.24) is 15.1 Å². The largest absolute Gasteiger partial charge is 0.459 e. The van der Waals surface area contributed by atoms with Crippen molar-refractivity contribution in [3.63, 3.8) is 0 Å². The van der Waals surface area contributed by atoms with Crippen LogP contribution in [0.15, 0.2) is 47.1 Å². The summed E-state index contributed by atoms with van der Waals surface area (Å²) in [6.07, 6.45) is 1.48. The second kappa shape index (κ2) is 8.35. The van der Waals surface area contributed by atoms with Gasteiger partial charge in [-0.2, -0.15) is 0 Å². The number of halogens is 1. The highest BCUT2D eigenvalue weighted by Gasteiger charge is 2.29. The summed E-state index contributed by atoms with van der Waals surface area (Å²) in [6.45, 7) is 6.06. The van der Waals surface area contributed by atoms with Crippen LogP contribution in [0.25, 0.3) is 0 Å². The molecule has 1 fully saturated rings. The molecule has 2 aromatic rings. The number of benzene rings is 1. The van der Waals surface area contributed by atoms with Crippen molar-refractivity contribution in [2.24, 2.45) is 0 Å². The van der Waals surface area contributed by atoms with E-state index in [4.69, 9.17) is 4.42 Å². The van der Waals surface area contributed by atoms with Gasteiger partial charge in [0.1, 0.15) is 5.82 Å². The number of hydrogen-bond donors (Lipinski definition) is 1. The van der Waals surface area contributed by atoms with Gasteiger partial charge < -0.3 is 14.6 Å². The van der Waals surface area contributed by atoms with Crippen molar-refractivity contribution in [1.29, 1.82) is 0 Å². The van der Waals surface area contributed by atoms with Crippen molar-refractivity contribution >= 4 is 11.8 Å². The average Bonchev–Trinajstić information content (AvgIpc) is 3.22. The van der Waals surface area contributed by atoms with Gasteiger partial charge in [0.25, 0.3) is 5.91 Å². The predicted molar refractivity (Wildman–Crippen MR) is 98.6 cm³/mol. The van der Waals surface area contributed by atoms with E-state index in [0.717, 1.165) is 5.56 Å². The standard InChI is InChI=1S/C20H24FN3O3/c1-14(16-5-7-17(21)8-6-16)22-19(25)15(2)23-9-11-24(12-10-23)20(26)18-4-3-13-27-18/h3-8,13-15H,9-12H2,1-2H3,(H,22,25). The molecule has 1 saturated heterocycles. The van der Waals surface area contributed by atoms with Crippen LogP contribution in [0, 0.1) is 5.82 Å². The first kappa shape index (κ1) is 19.1. The second-order valence-corrected chi connectivity index (χ2v) is 6.76. The van der Waals surface area contributed by atoms with E-state index >= 15 is 0 Å². The minimum atomic E-state index is -0.311. The van der Waals surface area contributed by atoms with Crippen molar-refractivity contribution in [3.05, 3.63) is 59.8 Å². The van der Waals surface area contributed by atoms with Gasteiger partial charge in [0.2, 0.25) is 5.91 Å². The van der Waals surface area contributed by atoms with Crippen molar-refractivity contribution in [3.8, 4) is 0 Å². The number of hydrogen-bond acceptors (Lipinski definition) is 4. The summed E-state index contributed by atoms with van der Waals surface area (Å²) in [6, 6.07) is 8.94. The van der Waals surface area contributed by atoms with Gasteiger partial charge in [-0.15, -0.1) is 0 Å². The number of piperazine rings is 1. The zero-order valence-electron chi connectivity index (χ0n) is 15.5. The summed E-state index contributed by atoms with van der Waals surface area (Å²) in [7, 11) is 0. The molecule has 0 saturated carbocycles. The zero-order valence-corrected chi connectivity index (χ0v) is 15.5. The van der Waals surface area contributed by atoms with Crippen LogP contribution in [-0.4, -0.2) is 53.8 Å². The predicted octanol–water partition coefficient (Wildman–Crippen LogP) is 2.44. The molecule has 2 heterocycles. The van der Waals surface area contributed by atoms with Gasteiger partial charge in [-0.3, -0.25) is 14.5 Å². The highest BCUT2D eigenvalue weighted by Crippen LogP contribution is 2.15. The molecule has 7 heteroatoms. The fourth-order valence-electron chi connectivity index (χ4n) is 3.20. The lowest BCUT2D eigenvalue weighted by atomic mass is 10.1. The first-order valence-corrected chi connectivity index (χ1v) is 9.08. The minimum Gasteiger partial charge on any atom is -0.459 e. The number of furan rings is 1. The average molecular weight is 373 g/mol. The van der Waals surface area contributed by atoms with E-state index in [1.165, 1.54) is 18.4 Å². The Morgan fingerprint density at radius 1 is 1.07 bits per heavy atom. The van der Waals surface area contributed by atoms with E-state index in [1.54, 1.807) is 29.2 Å². The molecule has 2 atom stereocenters. The Hall–Kier alpha value is -2.67. The monoisotopic (exact) mass is 373 g/mol. The lowest BCUT2D eigenvalue weighted by Crippen LogP contribution is -2.55. The Labute approximate surface area is 157 Å². The maximum absolute atomic E-state index is 13.0. The number of rotatable bonds is 5. The fourth-order valence-corrected chi connectivity index (χ4v) is 3.20. The molecule has 1 aliphatic rings. The second-order valence-electron chi connectivity index (χ2n) is 6.76. The highest BCUT2D eigenvalue weighted by atomic mass is 19.1. The SMILES string of the molecule is CC(NC(=O)C(C)N1CCN(C(=O)c2ccco2)CC1)c1ccc(F)cc1. The van der Waals surface area contributed by atoms with Crippen LogP contribution in [0.4, 0.5) is 4.39 Å². The molecule has 144 valence electrons. The molecule has 27 heavy (non-hydrogen) atoms. The number of nitrogens with zero attached hydrogens (tertiary/aromatic N) is 2. The number of amides is 2. The Kier molecular flexibility index (Phi) is 5.91. The Balaban J connectivity index is 1.51. The lowest BCUT2D eigenvalue weighted by Gasteiger charge is -2.37. The number of carbonyl (C=O) groups excluding carboxylic acids is 2. The molecule has 1 N–H and O–H groups in total. The van der Waals surface area contributed by atoms with Crippen LogP contribution in [0.2, 0.25) is 0 Å². The van der Waals surface area contributed by atoms with Gasteiger partial charge >= 0.3 is 0 Å². The van der Waals surface area contributed by atoms with Gasteiger partial charge in [0.05, 0.1) is 18.3 Å². The molecule has 1 aliphatic heterocycles. The summed E-state index contributed by atoms with van der Waals surface area (Å²) in [4.78, 5) is 28.7. The smallest absolute Gasteiger partial charge is 0.289 e. The molecule has 1 aromatic carbocycles. The van der Waals surface area contributed by atoms with Gasteiger partial charge in [-0.05, 0) is 43.7 Å². The molecule has 0 aliphatic carbocycles. The highest BCUT2D eigenvalue weighted by molar-refractivity contribution is 5.91. The summed E-state index contributed by atoms with van der Waals surface area (Å²) >= 11 is 0. The van der Waals surface area contributed by atoms with Crippen LogP contribution in [0.5, 0.6) is 0 Å². The molecular formula is C20H24FN3O3. The van der Waals surface area contributed by atoms with Crippen molar-refractivity contribution in [2.75, 3.05) is 26.2 Å². The molecule has 1 aromatic heterocycles. The molecule has 6 nitrogen and oxygen atoms in total. The maximum Gasteiger partial charge on any atom is 0.289 e. The molecular weight excluding hydrogens is 349 g/mol. The van der Waals surface area contributed by atoms with E-state index in [1.807, 2.05) is 13.8 Å². The zero-order chi connectivity index (χ0) is 19.4. The lowest BCUT2D eigenvalue weighted by molar-refractivity contribution is -0.127. The maximum atomic E-state index is 13.0. The van der Waals surface area contributed by atoms with E-state index in [9.17, 15) is 14.0 Å². The van der Waals surface area contributed by atoms with Crippen LogP contribution in [-0.2, 0) is 4.79 Å². The van der Waals surface area contributed by atoms with E-state index in [0.29, 0.717) is 31.9 Å². The van der Waals surface area contributed by atoms with E-state index in [-0.39, 0.29) is 29.7 Å². The Bertz CT molecular complexity index is 768. The molecule has 0 spiro atoms. The summed E-state index contributed by atoms with van der Waals surface area (Å²) in [5, 5.41) is 2.97. The first-order chi connectivity index (χ1) is 13.0. The van der Waals surface area contributed by atoms with Gasteiger partial charge in [0.15, 0.2) is 5.76 Å². The molecule has 2 amide bonds. The molecule has 2 unspecified atom stereocenters. The van der Waals surface area contributed by atoms with E-state index < -0.39 is 0 Å². The number of carbonyl (C=O) groups is 2. The molecule has 0 radical (unpaired) electrons. The quantitative estimate of drug-likeness (QED) is 0.874. The topological polar surface area (TPSA) is 65.8 Å². The van der Waals surface area contributed by atoms with Gasteiger partial charge in [0, 0.05) is 26.2 Å². The third-order valence-corrected chi connectivity index (χ3v) is 4.99. The van der Waals surface area contributed by atoms with Crippen molar-refractivity contribution in [2.45, 2.75) is 25.9 Å². The van der Waals surface area contributed by atoms with Crippen molar-refractivity contribution < 1.29 is 18.4 Å². The Morgan fingerprint density at radius 3 is 2.33 bits per heavy atom. The number of nitrogens with one attached hydrogen (secondary N) is 1. The first-order valence-electron chi connectivity index (χ1n) is 9.08. The minimum absolute atomic E-state index is 0.0855. The van der Waals surface area contributed by atoms with Crippen LogP contribution in [0.3, 0.4) is 0 Å². The summed E-state index contributed by atoms with van der Waals surface area (Å²) in [5.74, 6) is -0.172.